The normalized spacial score (nSPS) is 19.3. The third kappa shape index (κ3) is 3.42. The zero-order valence-electron chi connectivity index (χ0n) is 14.9. The summed E-state index contributed by atoms with van der Waals surface area (Å²) in [7, 11) is 0. The van der Waals surface area contributed by atoms with Crippen molar-refractivity contribution in [3.05, 3.63) is 57.5 Å². The number of H-pyrrole nitrogens is 1. The minimum Gasteiger partial charge on any atom is -0.369 e. The SMILES string of the molecule is Nc1nc2c(c(=O)[nH]1)CCN(C(=O)CN1CC(c3ccccc3)CC1=O)C2. The summed E-state index contributed by atoms with van der Waals surface area (Å²) in [6.45, 7) is 1.27. The summed E-state index contributed by atoms with van der Waals surface area (Å²) in [6.07, 6.45) is 0.859. The first-order valence-corrected chi connectivity index (χ1v) is 8.99. The van der Waals surface area contributed by atoms with Crippen LogP contribution in [0.1, 0.15) is 29.2 Å². The molecule has 1 fully saturated rings. The van der Waals surface area contributed by atoms with Gasteiger partial charge in [-0.3, -0.25) is 19.4 Å². The third-order valence-corrected chi connectivity index (χ3v) is 5.26. The fourth-order valence-corrected chi connectivity index (χ4v) is 3.81. The number of carbonyl (C=O) groups excluding carboxylic acids is 2. The number of nitrogen functional groups attached to an aromatic ring is 1. The number of carbonyl (C=O) groups is 2. The van der Waals surface area contributed by atoms with Gasteiger partial charge in [-0.15, -0.1) is 0 Å². The number of aromatic amines is 1. The molecule has 2 aromatic rings. The van der Waals surface area contributed by atoms with E-state index in [9.17, 15) is 14.4 Å². The third-order valence-electron chi connectivity index (χ3n) is 5.26. The summed E-state index contributed by atoms with van der Waals surface area (Å²) < 4.78 is 0. The Hall–Kier alpha value is -3.16. The van der Waals surface area contributed by atoms with Crippen LogP contribution in [0.5, 0.6) is 0 Å². The van der Waals surface area contributed by atoms with Crippen molar-refractivity contribution in [1.82, 2.24) is 19.8 Å². The molecule has 4 rings (SSSR count). The molecule has 140 valence electrons. The largest absolute Gasteiger partial charge is 0.369 e. The van der Waals surface area contributed by atoms with Gasteiger partial charge in [0.25, 0.3) is 5.56 Å². The van der Waals surface area contributed by atoms with Crippen molar-refractivity contribution in [2.75, 3.05) is 25.4 Å². The van der Waals surface area contributed by atoms with E-state index < -0.39 is 0 Å². The summed E-state index contributed by atoms with van der Waals surface area (Å²) in [4.78, 5) is 46.9. The van der Waals surface area contributed by atoms with E-state index in [2.05, 4.69) is 9.97 Å². The Morgan fingerprint density at radius 2 is 2.04 bits per heavy atom. The van der Waals surface area contributed by atoms with Crippen molar-refractivity contribution < 1.29 is 9.59 Å². The molecule has 1 saturated heterocycles. The Kier molecular flexibility index (Phi) is 4.39. The molecule has 0 aliphatic carbocycles. The molecule has 2 aliphatic heterocycles. The molecule has 1 aromatic carbocycles. The lowest BCUT2D eigenvalue weighted by Crippen LogP contribution is -2.44. The number of hydrogen-bond acceptors (Lipinski definition) is 5. The van der Waals surface area contributed by atoms with E-state index >= 15 is 0 Å². The van der Waals surface area contributed by atoms with Crippen LogP contribution in [-0.4, -0.2) is 51.2 Å². The molecule has 27 heavy (non-hydrogen) atoms. The molecule has 3 heterocycles. The first-order valence-electron chi connectivity index (χ1n) is 8.99. The second-order valence-corrected chi connectivity index (χ2v) is 7.03. The van der Waals surface area contributed by atoms with Crippen LogP contribution < -0.4 is 11.3 Å². The van der Waals surface area contributed by atoms with Gasteiger partial charge in [-0.05, 0) is 12.0 Å². The second kappa shape index (κ2) is 6.86. The molecule has 0 spiro atoms. The van der Waals surface area contributed by atoms with Crippen LogP contribution in [-0.2, 0) is 22.6 Å². The number of likely N-dealkylation sites (tertiary alicyclic amines) is 1. The van der Waals surface area contributed by atoms with Gasteiger partial charge in [0, 0.05) is 31.0 Å². The smallest absolute Gasteiger partial charge is 0.255 e. The number of hydrogen-bond donors (Lipinski definition) is 2. The molecule has 1 aromatic heterocycles. The van der Waals surface area contributed by atoms with Crippen LogP contribution in [0.15, 0.2) is 35.1 Å². The molecule has 3 N–H and O–H groups in total. The predicted molar refractivity (Wildman–Crippen MR) is 98.8 cm³/mol. The lowest BCUT2D eigenvalue weighted by atomic mass is 9.99. The van der Waals surface area contributed by atoms with E-state index in [-0.39, 0.29) is 42.3 Å². The Morgan fingerprint density at radius 3 is 2.81 bits per heavy atom. The van der Waals surface area contributed by atoms with Gasteiger partial charge in [0.2, 0.25) is 17.8 Å². The van der Waals surface area contributed by atoms with Crippen LogP contribution in [0.4, 0.5) is 5.95 Å². The van der Waals surface area contributed by atoms with Gasteiger partial charge in [-0.2, -0.15) is 0 Å². The van der Waals surface area contributed by atoms with Crippen molar-refractivity contribution in [3.63, 3.8) is 0 Å². The highest BCUT2D eigenvalue weighted by atomic mass is 16.2. The van der Waals surface area contributed by atoms with E-state index in [1.54, 1.807) is 9.80 Å². The zero-order chi connectivity index (χ0) is 19.0. The number of amides is 2. The Bertz CT molecular complexity index is 940. The van der Waals surface area contributed by atoms with Crippen molar-refractivity contribution in [3.8, 4) is 0 Å². The van der Waals surface area contributed by atoms with Crippen molar-refractivity contribution in [2.24, 2.45) is 0 Å². The van der Waals surface area contributed by atoms with Gasteiger partial charge in [-0.1, -0.05) is 30.3 Å². The second-order valence-electron chi connectivity index (χ2n) is 7.03. The van der Waals surface area contributed by atoms with E-state index in [1.165, 1.54) is 0 Å². The molecule has 8 heteroatoms. The number of benzene rings is 1. The number of rotatable bonds is 3. The maximum atomic E-state index is 12.7. The quantitative estimate of drug-likeness (QED) is 0.808. The van der Waals surface area contributed by atoms with Crippen LogP contribution >= 0.6 is 0 Å². The first kappa shape index (κ1) is 17.3. The molecule has 8 nitrogen and oxygen atoms in total. The highest BCUT2D eigenvalue weighted by molar-refractivity contribution is 5.86. The Morgan fingerprint density at radius 1 is 1.26 bits per heavy atom. The average Bonchev–Trinajstić information content (AvgIpc) is 3.02. The topological polar surface area (TPSA) is 112 Å². The maximum Gasteiger partial charge on any atom is 0.255 e. The van der Waals surface area contributed by atoms with E-state index in [1.807, 2.05) is 30.3 Å². The standard InChI is InChI=1S/C19H21N5O3/c20-19-21-15-10-23(7-6-14(15)18(27)22-19)17(26)11-24-9-13(8-16(24)25)12-4-2-1-3-5-12/h1-5,13H,6-11H2,(H3,20,21,22,27). The lowest BCUT2D eigenvalue weighted by Gasteiger charge is -2.29. The van der Waals surface area contributed by atoms with Gasteiger partial charge in [0.15, 0.2) is 0 Å². The van der Waals surface area contributed by atoms with Gasteiger partial charge < -0.3 is 15.5 Å². The fraction of sp³-hybridized carbons (Fsp3) is 0.368. The summed E-state index contributed by atoms with van der Waals surface area (Å²) in [5, 5.41) is 0. The van der Waals surface area contributed by atoms with Crippen LogP contribution in [0, 0.1) is 0 Å². The highest BCUT2D eigenvalue weighted by Crippen LogP contribution is 2.28. The van der Waals surface area contributed by atoms with E-state index in [4.69, 9.17) is 5.73 Å². The Balaban J connectivity index is 1.42. The number of aromatic nitrogens is 2. The molecule has 2 aliphatic rings. The van der Waals surface area contributed by atoms with Crippen LogP contribution in [0.25, 0.3) is 0 Å². The molecular weight excluding hydrogens is 346 g/mol. The van der Waals surface area contributed by atoms with Gasteiger partial charge in [0.05, 0.1) is 18.8 Å². The number of nitrogens with zero attached hydrogens (tertiary/aromatic N) is 3. The van der Waals surface area contributed by atoms with Crippen molar-refractivity contribution in [1.29, 1.82) is 0 Å². The molecule has 1 unspecified atom stereocenters. The molecule has 0 radical (unpaired) electrons. The summed E-state index contributed by atoms with van der Waals surface area (Å²) in [6, 6.07) is 9.89. The maximum absolute atomic E-state index is 12.7. The molecule has 2 amide bonds. The van der Waals surface area contributed by atoms with Gasteiger partial charge in [-0.25, -0.2) is 4.98 Å². The lowest BCUT2D eigenvalue weighted by molar-refractivity contribution is -0.139. The minimum atomic E-state index is -0.245. The number of nitrogens with one attached hydrogen (secondary N) is 1. The minimum absolute atomic E-state index is 0.00609. The molecule has 1 atom stereocenters. The van der Waals surface area contributed by atoms with E-state index in [0.29, 0.717) is 37.2 Å². The highest BCUT2D eigenvalue weighted by Gasteiger charge is 2.33. The monoisotopic (exact) mass is 367 g/mol. The van der Waals surface area contributed by atoms with Gasteiger partial charge >= 0.3 is 0 Å². The summed E-state index contributed by atoms with van der Waals surface area (Å²) in [5.41, 5.74) is 7.59. The number of nitrogens with two attached hydrogens (primary N) is 1. The van der Waals surface area contributed by atoms with Gasteiger partial charge in [0.1, 0.15) is 0 Å². The summed E-state index contributed by atoms with van der Waals surface area (Å²) in [5.74, 6) is 0.0267. The predicted octanol–water partition coefficient (Wildman–Crippen LogP) is 0.253. The zero-order valence-corrected chi connectivity index (χ0v) is 14.9. The molecular formula is C19H21N5O3. The van der Waals surface area contributed by atoms with Crippen molar-refractivity contribution in [2.45, 2.75) is 25.3 Å². The first-order chi connectivity index (χ1) is 13.0. The molecule has 0 bridgehead atoms. The summed E-state index contributed by atoms with van der Waals surface area (Å²) >= 11 is 0. The van der Waals surface area contributed by atoms with E-state index in [0.717, 1.165) is 5.56 Å². The average molecular weight is 367 g/mol. The Labute approximate surface area is 156 Å². The number of anilines is 1. The van der Waals surface area contributed by atoms with Crippen molar-refractivity contribution >= 4 is 17.8 Å². The van der Waals surface area contributed by atoms with Crippen LogP contribution in [0.2, 0.25) is 0 Å². The van der Waals surface area contributed by atoms with Crippen LogP contribution in [0.3, 0.4) is 0 Å². The number of fused-ring (bicyclic) bond motifs is 1. The molecule has 0 saturated carbocycles. The fourth-order valence-electron chi connectivity index (χ4n) is 3.81.